The van der Waals surface area contributed by atoms with E-state index in [9.17, 15) is 4.79 Å². The number of rotatable bonds is 1. The number of nitrogens with zero attached hydrogens (tertiary/aromatic N) is 2. The second-order valence-electron chi connectivity index (χ2n) is 5.09. The zero-order chi connectivity index (χ0) is 12.5. The van der Waals surface area contributed by atoms with Crippen molar-refractivity contribution in [3.8, 4) is 0 Å². The van der Waals surface area contributed by atoms with E-state index in [0.29, 0.717) is 0 Å². The van der Waals surface area contributed by atoms with Crippen molar-refractivity contribution in [1.82, 2.24) is 10.2 Å². The van der Waals surface area contributed by atoms with Gasteiger partial charge in [0.2, 0.25) is 0 Å². The maximum absolute atomic E-state index is 11.8. The van der Waals surface area contributed by atoms with Gasteiger partial charge in [-0.2, -0.15) is 0 Å². The van der Waals surface area contributed by atoms with Crippen LogP contribution in [0.4, 0.5) is 5.69 Å². The van der Waals surface area contributed by atoms with Gasteiger partial charge in [0, 0.05) is 44.5 Å². The standard InChI is InChI=1S/C14H19N3O/c1-16-10-11-9-12(3-4-13(11)14(16)18)17-7-2-5-15-6-8-17/h3-4,9,15H,2,5-8,10H2,1H3. The second kappa shape index (κ2) is 4.61. The van der Waals surface area contributed by atoms with Crippen LogP contribution < -0.4 is 10.2 Å². The molecule has 1 amide bonds. The predicted molar refractivity (Wildman–Crippen MR) is 71.9 cm³/mol. The van der Waals surface area contributed by atoms with Crippen LogP contribution in [0.3, 0.4) is 0 Å². The fourth-order valence-corrected chi connectivity index (χ4v) is 2.75. The molecule has 0 radical (unpaired) electrons. The third kappa shape index (κ3) is 1.97. The van der Waals surface area contributed by atoms with E-state index in [-0.39, 0.29) is 5.91 Å². The Morgan fingerprint density at radius 3 is 3.00 bits per heavy atom. The lowest BCUT2D eigenvalue weighted by molar-refractivity contribution is 0.0816. The molecule has 0 saturated carbocycles. The summed E-state index contributed by atoms with van der Waals surface area (Å²) in [5.74, 6) is 0.147. The van der Waals surface area contributed by atoms with Crippen molar-refractivity contribution in [3.63, 3.8) is 0 Å². The Hall–Kier alpha value is -1.55. The minimum Gasteiger partial charge on any atom is -0.370 e. The van der Waals surface area contributed by atoms with Crippen molar-refractivity contribution >= 4 is 11.6 Å². The number of anilines is 1. The highest BCUT2D eigenvalue weighted by molar-refractivity contribution is 5.98. The lowest BCUT2D eigenvalue weighted by atomic mass is 10.1. The van der Waals surface area contributed by atoms with Crippen molar-refractivity contribution in [2.45, 2.75) is 13.0 Å². The molecule has 1 saturated heterocycles. The SMILES string of the molecule is CN1Cc2cc(N3CCCNCC3)ccc2C1=O. The van der Waals surface area contributed by atoms with Gasteiger partial charge in [0.1, 0.15) is 0 Å². The zero-order valence-corrected chi connectivity index (χ0v) is 10.8. The Morgan fingerprint density at radius 2 is 2.11 bits per heavy atom. The van der Waals surface area contributed by atoms with Gasteiger partial charge >= 0.3 is 0 Å². The van der Waals surface area contributed by atoms with Crippen LogP contribution in [0.1, 0.15) is 22.3 Å². The molecular formula is C14H19N3O. The van der Waals surface area contributed by atoms with Crippen molar-refractivity contribution in [3.05, 3.63) is 29.3 Å². The first-order valence-electron chi connectivity index (χ1n) is 6.60. The summed E-state index contributed by atoms with van der Waals surface area (Å²) in [6.07, 6.45) is 1.18. The number of carbonyl (C=O) groups excluding carboxylic acids is 1. The van der Waals surface area contributed by atoms with Gasteiger partial charge in [0.25, 0.3) is 5.91 Å². The van der Waals surface area contributed by atoms with E-state index < -0.39 is 0 Å². The summed E-state index contributed by atoms with van der Waals surface area (Å²) < 4.78 is 0. The minimum atomic E-state index is 0.147. The molecule has 2 aliphatic rings. The quantitative estimate of drug-likeness (QED) is 0.804. The molecule has 0 spiro atoms. The summed E-state index contributed by atoms with van der Waals surface area (Å²) in [5, 5.41) is 3.41. The molecule has 0 aliphatic carbocycles. The van der Waals surface area contributed by atoms with E-state index >= 15 is 0 Å². The van der Waals surface area contributed by atoms with Gasteiger partial charge in [0.05, 0.1) is 0 Å². The van der Waals surface area contributed by atoms with E-state index in [4.69, 9.17) is 0 Å². The normalized spacial score (nSPS) is 19.9. The first-order valence-corrected chi connectivity index (χ1v) is 6.60. The molecule has 0 aromatic heterocycles. The number of fused-ring (bicyclic) bond motifs is 1. The lowest BCUT2D eigenvalue weighted by Gasteiger charge is -2.22. The summed E-state index contributed by atoms with van der Waals surface area (Å²) in [4.78, 5) is 16.0. The molecule has 2 heterocycles. The zero-order valence-electron chi connectivity index (χ0n) is 10.8. The molecule has 4 heteroatoms. The van der Waals surface area contributed by atoms with Crippen molar-refractivity contribution in [2.24, 2.45) is 0 Å². The Kier molecular flexibility index (Phi) is 2.96. The van der Waals surface area contributed by atoms with Crippen LogP contribution in [-0.2, 0) is 6.54 Å². The largest absolute Gasteiger partial charge is 0.370 e. The van der Waals surface area contributed by atoms with E-state index in [1.165, 1.54) is 12.1 Å². The van der Waals surface area contributed by atoms with Gasteiger partial charge in [-0.1, -0.05) is 0 Å². The average molecular weight is 245 g/mol. The summed E-state index contributed by atoms with van der Waals surface area (Å²) in [7, 11) is 1.86. The van der Waals surface area contributed by atoms with Crippen LogP contribution in [0.5, 0.6) is 0 Å². The molecule has 2 aliphatic heterocycles. The van der Waals surface area contributed by atoms with Gasteiger partial charge in [-0.25, -0.2) is 0 Å². The topological polar surface area (TPSA) is 35.6 Å². The molecule has 1 aromatic rings. The van der Waals surface area contributed by atoms with Gasteiger partial charge in [-0.15, -0.1) is 0 Å². The first-order chi connectivity index (χ1) is 8.75. The van der Waals surface area contributed by atoms with Gasteiger partial charge < -0.3 is 15.1 Å². The summed E-state index contributed by atoms with van der Waals surface area (Å²) >= 11 is 0. The van der Waals surface area contributed by atoms with Crippen molar-refractivity contribution in [1.29, 1.82) is 0 Å². The fourth-order valence-electron chi connectivity index (χ4n) is 2.75. The average Bonchev–Trinajstić information content (AvgIpc) is 2.61. The van der Waals surface area contributed by atoms with E-state index in [1.807, 2.05) is 13.1 Å². The molecule has 0 atom stereocenters. The summed E-state index contributed by atoms with van der Waals surface area (Å²) in [5.41, 5.74) is 3.28. The van der Waals surface area contributed by atoms with Crippen LogP contribution >= 0.6 is 0 Å². The number of nitrogens with one attached hydrogen (secondary N) is 1. The minimum absolute atomic E-state index is 0.147. The summed E-state index contributed by atoms with van der Waals surface area (Å²) in [6, 6.07) is 6.25. The number of hydrogen-bond acceptors (Lipinski definition) is 3. The van der Waals surface area contributed by atoms with Gasteiger partial charge in [-0.05, 0) is 36.7 Å². The van der Waals surface area contributed by atoms with E-state index in [2.05, 4.69) is 22.3 Å². The highest BCUT2D eigenvalue weighted by Gasteiger charge is 2.24. The molecule has 4 nitrogen and oxygen atoms in total. The highest BCUT2D eigenvalue weighted by atomic mass is 16.2. The monoisotopic (exact) mass is 245 g/mol. The maximum Gasteiger partial charge on any atom is 0.254 e. The Morgan fingerprint density at radius 1 is 1.22 bits per heavy atom. The molecule has 18 heavy (non-hydrogen) atoms. The molecule has 96 valence electrons. The smallest absolute Gasteiger partial charge is 0.254 e. The number of carbonyl (C=O) groups is 1. The van der Waals surface area contributed by atoms with E-state index in [1.54, 1.807) is 4.90 Å². The lowest BCUT2D eigenvalue weighted by Crippen LogP contribution is -2.27. The molecule has 3 rings (SSSR count). The van der Waals surface area contributed by atoms with Crippen LogP contribution in [0, 0.1) is 0 Å². The fraction of sp³-hybridized carbons (Fsp3) is 0.500. The Bertz CT molecular complexity index is 464. The molecule has 1 aromatic carbocycles. The molecule has 1 fully saturated rings. The van der Waals surface area contributed by atoms with Crippen LogP contribution in [0.2, 0.25) is 0 Å². The third-order valence-corrected chi connectivity index (χ3v) is 3.78. The van der Waals surface area contributed by atoms with E-state index in [0.717, 1.165) is 43.9 Å². The Balaban J connectivity index is 1.86. The predicted octanol–water partition coefficient (Wildman–Crippen LogP) is 1.07. The van der Waals surface area contributed by atoms with Crippen molar-refractivity contribution in [2.75, 3.05) is 38.1 Å². The molecule has 0 unspecified atom stereocenters. The highest BCUT2D eigenvalue weighted by Crippen LogP contribution is 2.26. The molecular weight excluding hydrogens is 226 g/mol. The number of hydrogen-bond donors (Lipinski definition) is 1. The summed E-state index contributed by atoms with van der Waals surface area (Å²) in [6.45, 7) is 5.02. The van der Waals surface area contributed by atoms with Crippen LogP contribution in [-0.4, -0.2) is 44.0 Å². The Labute approximate surface area is 108 Å². The van der Waals surface area contributed by atoms with Gasteiger partial charge in [0.15, 0.2) is 0 Å². The third-order valence-electron chi connectivity index (χ3n) is 3.78. The maximum atomic E-state index is 11.8. The van der Waals surface area contributed by atoms with Gasteiger partial charge in [-0.3, -0.25) is 4.79 Å². The molecule has 0 bridgehead atoms. The number of benzene rings is 1. The van der Waals surface area contributed by atoms with Crippen LogP contribution in [0.25, 0.3) is 0 Å². The first kappa shape index (κ1) is 11.5. The molecule has 1 N–H and O–H groups in total. The van der Waals surface area contributed by atoms with Crippen molar-refractivity contribution < 1.29 is 4.79 Å². The number of amides is 1. The second-order valence-corrected chi connectivity index (χ2v) is 5.09. The van der Waals surface area contributed by atoms with Crippen LogP contribution in [0.15, 0.2) is 18.2 Å².